The number of nitrogens with zero attached hydrogens (tertiary/aromatic N) is 6. The number of rotatable bonds is 11. The molecule has 0 radical (unpaired) electrons. The van der Waals surface area contributed by atoms with Gasteiger partial charge in [0.1, 0.15) is 5.82 Å². The van der Waals surface area contributed by atoms with Crippen molar-refractivity contribution < 1.29 is 9.94 Å². The van der Waals surface area contributed by atoms with Gasteiger partial charge in [-0.2, -0.15) is 0 Å². The molecular weight excluding hydrogens is 506 g/mol. The molecule has 0 aliphatic carbocycles. The van der Waals surface area contributed by atoms with Crippen molar-refractivity contribution in [2.45, 2.75) is 59.3 Å². The third-order valence-electron chi connectivity index (χ3n) is 6.49. The number of hydrogen-bond acceptors (Lipinski definition) is 8. The second-order valence-corrected chi connectivity index (χ2v) is 9.71. The first kappa shape index (κ1) is 28.4. The minimum Gasteiger partial charge on any atom is -0.491 e. The van der Waals surface area contributed by atoms with Gasteiger partial charge in [0.15, 0.2) is 11.6 Å². The van der Waals surface area contributed by atoms with Crippen LogP contribution >= 0.6 is 0 Å². The van der Waals surface area contributed by atoms with Crippen LogP contribution in [-0.2, 0) is 12.8 Å². The standard InChI is InChI=1S/C30H35N7O3/c1-5-7-12-26-24(15-20-13-14-25(32-16-20)22-10-8-9-11-23(22)27(31)36-39)29(38)37(28(35-26)19(3)4)30-33-17-21(18-34-30)40-6-2/h8-11,13-14,16-19,39H,5-7,12,15H2,1-4H3,(H2,31,36). The lowest BCUT2D eigenvalue weighted by molar-refractivity contribution is 0.318. The molecule has 10 nitrogen and oxygen atoms in total. The largest absolute Gasteiger partial charge is 0.491 e. The number of unbranched alkanes of at least 4 members (excludes halogenated alkanes) is 1. The Morgan fingerprint density at radius 3 is 2.45 bits per heavy atom. The van der Waals surface area contributed by atoms with Gasteiger partial charge >= 0.3 is 0 Å². The monoisotopic (exact) mass is 541 g/mol. The van der Waals surface area contributed by atoms with Gasteiger partial charge in [-0.1, -0.05) is 62.7 Å². The molecule has 0 aliphatic heterocycles. The van der Waals surface area contributed by atoms with E-state index in [9.17, 15) is 4.79 Å². The minimum atomic E-state index is -0.185. The number of amidine groups is 1. The van der Waals surface area contributed by atoms with Crippen LogP contribution in [0.4, 0.5) is 0 Å². The Morgan fingerprint density at radius 1 is 1.07 bits per heavy atom. The Morgan fingerprint density at radius 2 is 1.82 bits per heavy atom. The fourth-order valence-electron chi connectivity index (χ4n) is 4.47. The topological polar surface area (TPSA) is 141 Å². The summed E-state index contributed by atoms with van der Waals surface area (Å²) in [7, 11) is 0. The lowest BCUT2D eigenvalue weighted by Gasteiger charge is -2.18. The fraction of sp³-hybridized carbons (Fsp3) is 0.333. The van der Waals surface area contributed by atoms with E-state index in [-0.39, 0.29) is 23.3 Å². The molecule has 0 amide bonds. The molecule has 0 fully saturated rings. The zero-order valence-electron chi connectivity index (χ0n) is 23.3. The average molecular weight is 542 g/mol. The molecule has 0 saturated carbocycles. The number of aromatic nitrogens is 5. The van der Waals surface area contributed by atoms with Gasteiger partial charge in [-0.15, -0.1) is 0 Å². The van der Waals surface area contributed by atoms with Crippen molar-refractivity contribution in [2.24, 2.45) is 10.9 Å². The van der Waals surface area contributed by atoms with E-state index in [0.29, 0.717) is 47.8 Å². The molecule has 0 aliphatic rings. The normalized spacial score (nSPS) is 11.7. The summed E-state index contributed by atoms with van der Waals surface area (Å²) in [5.41, 5.74) is 9.93. The highest BCUT2D eigenvalue weighted by Crippen LogP contribution is 2.24. The quantitative estimate of drug-likeness (QED) is 0.121. The van der Waals surface area contributed by atoms with E-state index in [1.165, 1.54) is 4.57 Å². The Balaban J connectivity index is 1.77. The van der Waals surface area contributed by atoms with Gasteiger partial charge < -0.3 is 15.7 Å². The van der Waals surface area contributed by atoms with E-state index >= 15 is 0 Å². The summed E-state index contributed by atoms with van der Waals surface area (Å²) >= 11 is 0. The van der Waals surface area contributed by atoms with Gasteiger partial charge in [-0.3, -0.25) is 9.78 Å². The summed E-state index contributed by atoms with van der Waals surface area (Å²) in [4.78, 5) is 32.5. The van der Waals surface area contributed by atoms with Crippen LogP contribution in [0, 0.1) is 0 Å². The van der Waals surface area contributed by atoms with E-state index in [2.05, 4.69) is 27.0 Å². The van der Waals surface area contributed by atoms with Crippen LogP contribution in [0.25, 0.3) is 17.2 Å². The van der Waals surface area contributed by atoms with E-state index in [4.69, 9.17) is 20.7 Å². The minimum absolute atomic E-state index is 0.00965. The first-order valence-electron chi connectivity index (χ1n) is 13.5. The maximum atomic E-state index is 14.1. The fourth-order valence-corrected chi connectivity index (χ4v) is 4.47. The molecule has 10 heteroatoms. The third kappa shape index (κ3) is 6.17. The average Bonchev–Trinajstić information content (AvgIpc) is 2.98. The number of benzene rings is 1. The first-order valence-corrected chi connectivity index (χ1v) is 13.5. The highest BCUT2D eigenvalue weighted by Gasteiger charge is 2.21. The summed E-state index contributed by atoms with van der Waals surface area (Å²) in [6, 6.07) is 11.1. The van der Waals surface area contributed by atoms with Gasteiger partial charge in [0, 0.05) is 35.2 Å². The van der Waals surface area contributed by atoms with Gasteiger partial charge in [0.25, 0.3) is 5.56 Å². The predicted octanol–water partition coefficient (Wildman–Crippen LogP) is 4.63. The summed E-state index contributed by atoms with van der Waals surface area (Å²) in [6.45, 7) is 8.51. The predicted molar refractivity (Wildman–Crippen MR) is 154 cm³/mol. The number of aryl methyl sites for hydroxylation is 1. The van der Waals surface area contributed by atoms with E-state index in [0.717, 1.165) is 29.7 Å². The molecule has 0 unspecified atom stereocenters. The van der Waals surface area contributed by atoms with Crippen LogP contribution in [0.2, 0.25) is 0 Å². The van der Waals surface area contributed by atoms with Crippen LogP contribution in [-0.4, -0.2) is 42.2 Å². The van der Waals surface area contributed by atoms with E-state index in [1.807, 2.05) is 51.1 Å². The van der Waals surface area contributed by atoms with Crippen LogP contribution in [0.15, 0.2) is 64.9 Å². The number of pyridine rings is 1. The highest BCUT2D eigenvalue weighted by molar-refractivity contribution is 6.02. The molecule has 0 spiro atoms. The third-order valence-corrected chi connectivity index (χ3v) is 6.49. The molecule has 4 aromatic rings. The number of ether oxygens (including phenoxy) is 1. The van der Waals surface area contributed by atoms with Crippen molar-refractivity contribution in [1.29, 1.82) is 0 Å². The Hall–Kier alpha value is -4.60. The highest BCUT2D eigenvalue weighted by atomic mass is 16.5. The molecule has 4 rings (SSSR count). The molecule has 0 atom stereocenters. The maximum absolute atomic E-state index is 14.1. The zero-order chi connectivity index (χ0) is 28.6. The molecule has 0 saturated heterocycles. The van der Waals surface area contributed by atoms with Crippen molar-refractivity contribution in [3.63, 3.8) is 0 Å². The van der Waals surface area contributed by atoms with Gasteiger partial charge in [0.05, 0.1) is 30.4 Å². The summed E-state index contributed by atoms with van der Waals surface area (Å²) < 4.78 is 6.99. The smallest absolute Gasteiger partial charge is 0.264 e. The summed E-state index contributed by atoms with van der Waals surface area (Å²) in [5, 5.41) is 12.3. The Labute approximate surface area is 233 Å². The lowest BCUT2D eigenvalue weighted by Crippen LogP contribution is -2.31. The van der Waals surface area contributed by atoms with Crippen LogP contribution in [0.3, 0.4) is 0 Å². The van der Waals surface area contributed by atoms with Crippen LogP contribution in [0.1, 0.15) is 74.7 Å². The molecular formula is C30H35N7O3. The molecule has 40 heavy (non-hydrogen) atoms. The van der Waals surface area contributed by atoms with Gasteiger partial charge in [-0.05, 0) is 31.4 Å². The van der Waals surface area contributed by atoms with Crippen LogP contribution in [0.5, 0.6) is 5.75 Å². The Bertz CT molecular complexity index is 1530. The van der Waals surface area contributed by atoms with Crippen molar-refractivity contribution in [3.05, 3.63) is 93.6 Å². The van der Waals surface area contributed by atoms with Crippen LogP contribution < -0.4 is 16.0 Å². The molecule has 1 aromatic carbocycles. The molecule has 0 bridgehead atoms. The van der Waals surface area contributed by atoms with E-state index in [1.54, 1.807) is 24.7 Å². The van der Waals surface area contributed by atoms with Crippen molar-refractivity contribution in [1.82, 2.24) is 24.5 Å². The molecule has 208 valence electrons. The first-order chi connectivity index (χ1) is 19.4. The number of nitrogens with two attached hydrogens (primary N) is 1. The van der Waals surface area contributed by atoms with Gasteiger partial charge in [-0.25, -0.2) is 19.5 Å². The zero-order valence-corrected chi connectivity index (χ0v) is 23.3. The SMILES string of the molecule is CCCCc1nc(C(C)C)n(-c2ncc(OCC)cn2)c(=O)c1Cc1ccc(-c2ccccc2/C(N)=N\O)nc1. The second-order valence-electron chi connectivity index (χ2n) is 9.71. The summed E-state index contributed by atoms with van der Waals surface area (Å²) in [5.74, 6) is 1.42. The van der Waals surface area contributed by atoms with Crippen molar-refractivity contribution in [2.75, 3.05) is 6.61 Å². The Kier molecular flexibility index (Phi) is 9.21. The van der Waals surface area contributed by atoms with Crippen molar-refractivity contribution >= 4 is 5.84 Å². The number of oxime groups is 1. The maximum Gasteiger partial charge on any atom is 0.264 e. The second kappa shape index (κ2) is 13.0. The molecule has 3 N–H and O–H groups in total. The summed E-state index contributed by atoms with van der Waals surface area (Å²) in [6.07, 6.45) is 7.85. The number of hydrogen-bond donors (Lipinski definition) is 2. The lowest BCUT2D eigenvalue weighted by atomic mass is 10.00. The van der Waals surface area contributed by atoms with E-state index < -0.39 is 0 Å². The molecule has 3 aromatic heterocycles. The molecule has 3 heterocycles. The van der Waals surface area contributed by atoms with Gasteiger partial charge in [0.2, 0.25) is 5.95 Å². The van der Waals surface area contributed by atoms with Crippen molar-refractivity contribution in [3.8, 4) is 23.0 Å².